The summed E-state index contributed by atoms with van der Waals surface area (Å²) in [6.45, 7) is 8.82. The number of para-hydroxylation sites is 6. The van der Waals surface area contributed by atoms with E-state index in [9.17, 15) is 10.2 Å². The Morgan fingerprint density at radius 2 is 0.681 bits per heavy atom. The maximum absolute atomic E-state index is 11.7. The van der Waals surface area contributed by atoms with Crippen LogP contribution in [-0.2, 0) is 25.8 Å². The minimum atomic E-state index is 0. The Labute approximate surface area is 447 Å². The molecule has 0 radical (unpaired) electrons. The summed E-state index contributed by atoms with van der Waals surface area (Å²) in [5.74, 6) is 2.32. The molecule has 0 aliphatic rings. The van der Waals surface area contributed by atoms with Crippen LogP contribution >= 0.6 is 22.7 Å². The molecule has 0 aliphatic carbocycles. The van der Waals surface area contributed by atoms with E-state index in [2.05, 4.69) is 95.8 Å². The van der Waals surface area contributed by atoms with Gasteiger partial charge in [-0.15, -0.1) is 46.9 Å². The number of rotatable bonds is 12. The van der Waals surface area contributed by atoms with Crippen molar-refractivity contribution in [3.63, 3.8) is 0 Å². The fraction of sp³-hybridized carbons (Fsp3) is 0.0794. The number of hydrogen-bond acceptors (Lipinski definition) is 4. The zero-order valence-corrected chi connectivity index (χ0v) is 45.0. The molecule has 9 heteroatoms. The Morgan fingerprint density at radius 1 is 0.375 bits per heavy atom. The van der Waals surface area contributed by atoms with E-state index in [0.29, 0.717) is 13.2 Å². The molecule has 356 valence electrons. The van der Waals surface area contributed by atoms with E-state index < -0.39 is 0 Å². The van der Waals surface area contributed by atoms with Crippen LogP contribution < -0.4 is 0 Å². The molecular formula is C63H54HfN2O4S2. The molecule has 0 unspecified atom stereocenters. The van der Waals surface area contributed by atoms with Crippen LogP contribution in [0.2, 0.25) is 0 Å². The molecule has 0 saturated carbocycles. The van der Waals surface area contributed by atoms with Gasteiger partial charge in [-0.05, 0) is 42.8 Å². The van der Waals surface area contributed by atoms with Crippen LogP contribution in [0.25, 0.3) is 75.9 Å². The molecule has 4 N–H and O–H groups in total. The minimum Gasteiger partial charge on any atom is -0.582 e. The average molecular weight is 1150 g/mol. The van der Waals surface area contributed by atoms with Gasteiger partial charge in [-0.2, -0.15) is 49.2 Å². The third kappa shape index (κ3) is 10.5. The van der Waals surface area contributed by atoms with Gasteiger partial charge in [0.15, 0.2) is 24.7 Å². The van der Waals surface area contributed by atoms with Crippen LogP contribution in [0, 0.1) is 13.8 Å². The Kier molecular flexibility index (Phi) is 16.0. The average Bonchev–Trinajstić information content (AvgIpc) is 4.17. The van der Waals surface area contributed by atoms with Crippen LogP contribution in [0.1, 0.15) is 30.4 Å². The van der Waals surface area contributed by atoms with Crippen LogP contribution in [0.4, 0.5) is 0 Å². The number of benzene rings is 8. The molecule has 0 aliphatic heterocycles. The molecule has 12 aromatic rings. The maximum Gasteiger partial charge on any atom is 0.263 e. The van der Waals surface area contributed by atoms with Crippen LogP contribution in [0.15, 0.2) is 217 Å². The van der Waals surface area contributed by atoms with Crippen LogP contribution in [-0.4, -0.2) is 42.0 Å². The predicted octanol–water partition coefficient (Wildman–Crippen LogP) is 16.8. The molecule has 4 aromatic heterocycles. The Morgan fingerprint density at radius 3 is 1.01 bits per heavy atom. The quantitative estimate of drug-likeness (QED) is 0.0553. The minimum absolute atomic E-state index is 0. The molecule has 0 spiro atoms. The summed E-state index contributed by atoms with van der Waals surface area (Å²) in [6.07, 6.45) is 2.85. The molecular weight excluding hydrogens is 1090 g/mol. The van der Waals surface area contributed by atoms with Gasteiger partial charge in [0.1, 0.15) is 0 Å². The van der Waals surface area contributed by atoms with Gasteiger partial charge in [0.2, 0.25) is 0 Å². The van der Waals surface area contributed by atoms with Crippen molar-refractivity contribution in [2.75, 3.05) is 13.2 Å². The molecule has 0 atom stereocenters. The fourth-order valence-corrected chi connectivity index (χ4v) is 11.0. The van der Waals surface area contributed by atoms with Gasteiger partial charge < -0.3 is 28.8 Å². The number of aromatic nitrogens is 2. The largest absolute Gasteiger partial charge is 0.582 e. The van der Waals surface area contributed by atoms with Crippen molar-refractivity contribution in [3.8, 4) is 55.3 Å². The second kappa shape index (κ2) is 23.2. The van der Waals surface area contributed by atoms with Crippen molar-refractivity contribution >= 4 is 66.3 Å². The van der Waals surface area contributed by atoms with Crippen molar-refractivity contribution in [3.05, 3.63) is 242 Å². The summed E-state index contributed by atoms with van der Waals surface area (Å²) in [4.78, 5) is 1.64. The first-order valence-electron chi connectivity index (χ1n) is 23.8. The number of ether oxygens (including phenoxy) is 2. The Hall–Kier alpha value is -7.43. The number of fused-ring (bicyclic) bond motifs is 6. The SMILES string of the molecule is Oc1c(-n2c3ccccc3c3ccccc32)csc1-c1ccccc1[OH+]CCCCC[OH+]c1ccccc1-c1scc(-n2c3ccccc3c3ccccc32)c1O.[CH2-]c1ccccc1.[CH2-]c1ccccc1.[Hf]. The number of aromatic hydroxyl groups is 4. The van der Waals surface area contributed by atoms with Gasteiger partial charge in [-0.3, -0.25) is 0 Å². The van der Waals surface area contributed by atoms with Gasteiger partial charge in [0, 0.05) is 83.1 Å². The first-order chi connectivity index (χ1) is 35.0. The second-order valence-electron chi connectivity index (χ2n) is 17.2. The van der Waals surface area contributed by atoms with Gasteiger partial charge in [-0.25, -0.2) is 0 Å². The van der Waals surface area contributed by atoms with Crippen molar-refractivity contribution in [1.82, 2.24) is 9.13 Å². The first kappa shape index (κ1) is 49.5. The van der Waals surface area contributed by atoms with Crippen molar-refractivity contribution in [1.29, 1.82) is 0 Å². The number of unbranched alkanes of at least 4 members (excludes halogenated alkanes) is 2. The maximum atomic E-state index is 11.7. The summed E-state index contributed by atoms with van der Waals surface area (Å²) < 4.78 is 14.3. The van der Waals surface area contributed by atoms with E-state index in [-0.39, 0.29) is 37.3 Å². The standard InChI is InChI=1S/C49H38N2O4S2.2C7H7.Hf/c52-46-42(50-38-22-8-2-16-32(38)33-17-3-9-23-39(33)50)30-56-48(46)36-20-6-12-26-44(36)54-28-14-1-15-29-55-45-27-13-7-21-37(45)49-47(53)43(31-57-49)51-40-24-10-4-18-34(40)35-19-5-11-25-41(35)51;2*1-7-5-3-2-4-6-7;/h2-13,16-27,30-31,52-53H,1,14-15,28-29H2;2*2-6H,1H2;/q;2*-1;/p+2. The summed E-state index contributed by atoms with van der Waals surface area (Å²) >= 11 is 3.10. The third-order valence-electron chi connectivity index (χ3n) is 12.5. The van der Waals surface area contributed by atoms with Gasteiger partial charge in [-0.1, -0.05) is 109 Å². The number of aliphatic hydroxyl groups is 2. The number of nitrogens with zero attached hydrogens (tertiary/aromatic N) is 2. The van der Waals surface area contributed by atoms with E-state index in [1.54, 1.807) is 22.7 Å². The van der Waals surface area contributed by atoms with E-state index in [4.69, 9.17) is 9.47 Å². The van der Waals surface area contributed by atoms with Crippen LogP contribution in [0.3, 0.4) is 0 Å². The zero-order chi connectivity index (χ0) is 48.5. The normalized spacial score (nSPS) is 10.9. The van der Waals surface area contributed by atoms with E-state index in [1.165, 1.54) is 21.5 Å². The van der Waals surface area contributed by atoms with Crippen molar-refractivity contribution in [2.45, 2.75) is 19.3 Å². The first-order valence-corrected chi connectivity index (χ1v) is 25.6. The van der Waals surface area contributed by atoms with Gasteiger partial charge in [0.25, 0.3) is 11.5 Å². The zero-order valence-electron chi connectivity index (χ0n) is 39.7. The van der Waals surface area contributed by atoms with Crippen molar-refractivity contribution in [2.24, 2.45) is 0 Å². The number of hydrogen-bond donors (Lipinski definition) is 2. The molecule has 0 fully saturated rings. The molecule has 8 aromatic carbocycles. The van der Waals surface area contributed by atoms with Gasteiger partial charge in [0.05, 0.1) is 54.3 Å². The molecule has 0 amide bonds. The Balaban J connectivity index is 0.000000369. The predicted molar refractivity (Wildman–Crippen MR) is 300 cm³/mol. The fourth-order valence-electron chi connectivity index (χ4n) is 9.11. The summed E-state index contributed by atoms with van der Waals surface area (Å²) in [5, 5.41) is 32.2. The summed E-state index contributed by atoms with van der Waals surface area (Å²) in [6, 6.07) is 69.4. The Bertz CT molecular complexity index is 3360. The number of thiophene rings is 2. The molecule has 72 heavy (non-hydrogen) atoms. The molecule has 12 rings (SSSR count). The molecule has 0 saturated heterocycles. The second-order valence-corrected chi connectivity index (χ2v) is 18.9. The van der Waals surface area contributed by atoms with Crippen molar-refractivity contribution < 1.29 is 45.5 Å². The summed E-state index contributed by atoms with van der Waals surface area (Å²) in [5.41, 5.74) is 9.87. The van der Waals surface area contributed by atoms with E-state index in [1.807, 2.05) is 144 Å². The van der Waals surface area contributed by atoms with E-state index in [0.717, 1.165) is 96.2 Å². The molecule has 0 bridgehead atoms. The smallest absolute Gasteiger partial charge is 0.263 e. The topological polar surface area (TPSA) is 75.9 Å². The van der Waals surface area contributed by atoms with E-state index >= 15 is 0 Å². The molecule has 4 heterocycles. The molecule has 6 nitrogen and oxygen atoms in total. The van der Waals surface area contributed by atoms with Crippen LogP contribution in [0.5, 0.6) is 23.0 Å². The summed E-state index contributed by atoms with van der Waals surface area (Å²) in [7, 11) is 0. The third-order valence-corrected chi connectivity index (χ3v) is 14.5. The van der Waals surface area contributed by atoms with Gasteiger partial charge >= 0.3 is 0 Å². The monoisotopic (exact) mass is 1150 g/mol.